The molecule has 1 aromatic carbocycles. The summed E-state index contributed by atoms with van der Waals surface area (Å²) in [6, 6.07) is 6.86. The van der Waals surface area contributed by atoms with Crippen molar-refractivity contribution >= 4 is 22.7 Å². The number of rotatable bonds is 7. The maximum atomic E-state index is 13.1. The van der Waals surface area contributed by atoms with Crippen LogP contribution in [-0.4, -0.2) is 38.3 Å². The van der Waals surface area contributed by atoms with Crippen LogP contribution in [0.25, 0.3) is 10.9 Å². The largest absolute Gasteiger partial charge is 0.363 e. The van der Waals surface area contributed by atoms with Gasteiger partial charge in [-0.1, -0.05) is 44.1 Å². The van der Waals surface area contributed by atoms with Crippen molar-refractivity contribution in [1.82, 2.24) is 25.2 Å². The van der Waals surface area contributed by atoms with E-state index < -0.39 is 17.4 Å². The van der Waals surface area contributed by atoms with Crippen molar-refractivity contribution in [3.05, 3.63) is 41.7 Å². The van der Waals surface area contributed by atoms with Crippen LogP contribution >= 0.6 is 0 Å². The molecule has 2 aromatic heterocycles. The number of benzene rings is 1. The van der Waals surface area contributed by atoms with E-state index in [0.29, 0.717) is 18.8 Å². The summed E-state index contributed by atoms with van der Waals surface area (Å²) in [5.41, 5.74) is 11.5. The lowest BCUT2D eigenvalue weighted by atomic mass is 9.86. The zero-order valence-electron chi connectivity index (χ0n) is 16.7. The zero-order valence-corrected chi connectivity index (χ0v) is 16.7. The summed E-state index contributed by atoms with van der Waals surface area (Å²) in [5.74, 6) is -1.32. The fourth-order valence-corrected chi connectivity index (χ4v) is 3.01. The smallest absolute Gasteiger partial charge is 0.290 e. The number of nitrogens with one attached hydrogen (secondary N) is 1. The molecule has 0 saturated carbocycles. The molecular weight excluding hydrogens is 374 g/mol. The van der Waals surface area contributed by atoms with E-state index in [4.69, 9.17) is 16.0 Å². The van der Waals surface area contributed by atoms with Crippen molar-refractivity contribution in [1.29, 1.82) is 0 Å². The van der Waals surface area contributed by atoms with Gasteiger partial charge in [-0.15, -0.1) is 0 Å². The number of fused-ring (bicyclic) bond motifs is 1. The Morgan fingerprint density at radius 2 is 2.00 bits per heavy atom. The van der Waals surface area contributed by atoms with Crippen LogP contribution in [0.4, 0.5) is 0 Å². The minimum atomic E-state index is -0.802. The molecule has 3 rings (SSSR count). The lowest BCUT2D eigenvalue weighted by molar-refractivity contribution is 0.0875. The van der Waals surface area contributed by atoms with E-state index in [2.05, 4.69) is 20.6 Å². The molecule has 10 heteroatoms. The molecule has 3 aromatic rings. The van der Waals surface area contributed by atoms with Gasteiger partial charge in [0.15, 0.2) is 5.69 Å². The molecule has 2 amide bonds. The molecule has 1 atom stereocenters. The Morgan fingerprint density at radius 3 is 2.62 bits per heavy atom. The van der Waals surface area contributed by atoms with Gasteiger partial charge in [-0.25, -0.2) is 0 Å². The van der Waals surface area contributed by atoms with E-state index in [9.17, 15) is 9.59 Å². The summed E-state index contributed by atoms with van der Waals surface area (Å²) in [4.78, 5) is 28.4. The molecular formula is C19H25N7O3. The molecule has 0 saturated heterocycles. The number of amides is 2. The molecule has 0 aliphatic heterocycles. The summed E-state index contributed by atoms with van der Waals surface area (Å²) >= 11 is 0. The summed E-state index contributed by atoms with van der Waals surface area (Å²) in [5, 5.41) is 11.7. The molecule has 29 heavy (non-hydrogen) atoms. The topological polar surface area (TPSA) is 155 Å². The predicted molar refractivity (Wildman–Crippen MR) is 106 cm³/mol. The Morgan fingerprint density at radius 1 is 1.28 bits per heavy atom. The number of hydrogen-bond donors (Lipinski definition) is 3. The van der Waals surface area contributed by atoms with Crippen LogP contribution in [-0.2, 0) is 6.54 Å². The molecule has 154 valence electrons. The minimum Gasteiger partial charge on any atom is -0.363 e. The maximum absolute atomic E-state index is 13.1. The number of nitrogens with zero attached hydrogens (tertiary/aromatic N) is 4. The number of carbonyl (C=O) groups excluding carboxylic acids is 2. The quantitative estimate of drug-likeness (QED) is 0.542. The molecule has 0 bridgehead atoms. The monoisotopic (exact) mass is 399 g/mol. The van der Waals surface area contributed by atoms with Gasteiger partial charge in [0.1, 0.15) is 6.04 Å². The SMILES string of the molecule is CC(C)(C)C(NC(=O)c1nn(CCCN)c2ccccc12)c1nc(C(N)=O)no1. The molecule has 0 aliphatic rings. The van der Waals surface area contributed by atoms with E-state index in [1.54, 1.807) is 4.68 Å². The highest BCUT2D eigenvalue weighted by molar-refractivity contribution is 6.05. The molecule has 5 N–H and O–H groups in total. The third-order valence-corrected chi connectivity index (χ3v) is 4.50. The Bertz CT molecular complexity index is 1030. The number of aryl methyl sites for hydroxylation is 1. The average Bonchev–Trinajstić information content (AvgIpc) is 3.29. The van der Waals surface area contributed by atoms with E-state index in [1.807, 2.05) is 45.0 Å². The first-order chi connectivity index (χ1) is 13.7. The predicted octanol–water partition coefficient (Wildman–Crippen LogP) is 1.38. The zero-order chi connectivity index (χ0) is 21.2. The standard InChI is InChI=1S/C19H25N7O3/c1-19(2,3)14(18-23-16(15(21)27)25-29-18)22-17(28)13-11-7-4-5-8-12(11)26(24-13)10-6-9-20/h4-5,7-8,14H,6,9-10,20H2,1-3H3,(H2,21,27)(H,22,28). The van der Waals surface area contributed by atoms with Crippen LogP contribution in [0.15, 0.2) is 28.8 Å². The normalized spacial score (nSPS) is 12.8. The highest BCUT2D eigenvalue weighted by atomic mass is 16.5. The Balaban J connectivity index is 1.95. The lowest BCUT2D eigenvalue weighted by Crippen LogP contribution is -2.37. The van der Waals surface area contributed by atoms with E-state index in [1.165, 1.54) is 0 Å². The van der Waals surface area contributed by atoms with Gasteiger partial charge in [0, 0.05) is 11.9 Å². The van der Waals surface area contributed by atoms with Crippen LogP contribution in [0, 0.1) is 5.41 Å². The highest BCUT2D eigenvalue weighted by Gasteiger charge is 2.34. The van der Waals surface area contributed by atoms with Crippen molar-refractivity contribution in [2.75, 3.05) is 6.54 Å². The Kier molecular flexibility index (Phi) is 5.64. The Labute approximate surface area is 167 Å². The van der Waals surface area contributed by atoms with Crippen LogP contribution in [0.1, 0.15) is 60.2 Å². The van der Waals surface area contributed by atoms with E-state index >= 15 is 0 Å². The first-order valence-corrected chi connectivity index (χ1v) is 9.32. The second-order valence-corrected chi connectivity index (χ2v) is 7.82. The molecule has 0 spiro atoms. The fraction of sp³-hybridized carbons (Fsp3) is 0.421. The number of primary amides is 1. The van der Waals surface area contributed by atoms with Crippen molar-refractivity contribution in [2.45, 2.75) is 39.8 Å². The van der Waals surface area contributed by atoms with Gasteiger partial charge in [-0.05, 0) is 24.4 Å². The van der Waals surface area contributed by atoms with E-state index in [0.717, 1.165) is 17.3 Å². The number of aromatic nitrogens is 4. The van der Waals surface area contributed by atoms with Crippen LogP contribution in [0.2, 0.25) is 0 Å². The average molecular weight is 399 g/mol. The number of para-hydroxylation sites is 1. The lowest BCUT2D eigenvalue weighted by Gasteiger charge is -2.28. The maximum Gasteiger partial charge on any atom is 0.290 e. The summed E-state index contributed by atoms with van der Waals surface area (Å²) in [6.07, 6.45) is 0.745. The summed E-state index contributed by atoms with van der Waals surface area (Å²) < 4.78 is 6.96. The molecule has 0 fully saturated rings. The second kappa shape index (κ2) is 8.00. The first kappa shape index (κ1) is 20.5. The third kappa shape index (κ3) is 4.27. The van der Waals surface area contributed by atoms with Gasteiger partial charge in [-0.2, -0.15) is 10.1 Å². The summed E-state index contributed by atoms with van der Waals surface area (Å²) in [7, 11) is 0. The molecule has 1 unspecified atom stereocenters. The molecule has 0 radical (unpaired) electrons. The van der Waals surface area contributed by atoms with Gasteiger partial charge in [0.05, 0.1) is 5.52 Å². The fourth-order valence-electron chi connectivity index (χ4n) is 3.01. The minimum absolute atomic E-state index is 0.103. The van der Waals surface area contributed by atoms with Gasteiger partial charge in [-0.3, -0.25) is 14.3 Å². The molecule has 2 heterocycles. The molecule has 0 aliphatic carbocycles. The van der Waals surface area contributed by atoms with Gasteiger partial charge in [0.25, 0.3) is 17.6 Å². The molecule has 10 nitrogen and oxygen atoms in total. The third-order valence-electron chi connectivity index (χ3n) is 4.50. The van der Waals surface area contributed by atoms with Gasteiger partial charge >= 0.3 is 0 Å². The number of hydrogen-bond acceptors (Lipinski definition) is 7. The number of nitrogens with two attached hydrogens (primary N) is 2. The van der Waals surface area contributed by atoms with Crippen molar-refractivity contribution < 1.29 is 14.1 Å². The van der Waals surface area contributed by atoms with Crippen LogP contribution in [0.5, 0.6) is 0 Å². The van der Waals surface area contributed by atoms with Crippen molar-refractivity contribution in [3.8, 4) is 0 Å². The summed E-state index contributed by atoms with van der Waals surface area (Å²) in [6.45, 7) is 6.86. The highest BCUT2D eigenvalue weighted by Crippen LogP contribution is 2.32. The van der Waals surface area contributed by atoms with Crippen LogP contribution < -0.4 is 16.8 Å². The first-order valence-electron chi connectivity index (χ1n) is 9.32. The van der Waals surface area contributed by atoms with E-state index in [-0.39, 0.29) is 17.6 Å². The second-order valence-electron chi connectivity index (χ2n) is 7.82. The van der Waals surface area contributed by atoms with Crippen molar-refractivity contribution in [3.63, 3.8) is 0 Å². The van der Waals surface area contributed by atoms with Gasteiger partial charge in [0.2, 0.25) is 5.89 Å². The van der Waals surface area contributed by atoms with Crippen LogP contribution in [0.3, 0.4) is 0 Å². The van der Waals surface area contributed by atoms with Gasteiger partial charge < -0.3 is 21.3 Å². The Hall–Kier alpha value is -3.27. The van der Waals surface area contributed by atoms with Crippen molar-refractivity contribution in [2.24, 2.45) is 16.9 Å². The number of carbonyl (C=O) groups is 2.